The van der Waals surface area contributed by atoms with Gasteiger partial charge in [-0.2, -0.15) is 0 Å². The number of rotatable bonds is 5. The van der Waals surface area contributed by atoms with Crippen molar-refractivity contribution in [1.82, 2.24) is 5.48 Å². The summed E-state index contributed by atoms with van der Waals surface area (Å²) in [5.41, 5.74) is 3.82. The summed E-state index contributed by atoms with van der Waals surface area (Å²) in [7, 11) is 0. The summed E-state index contributed by atoms with van der Waals surface area (Å²) in [5, 5.41) is 11.9. The van der Waals surface area contributed by atoms with Crippen LogP contribution in [-0.4, -0.2) is 17.0 Å². The third-order valence-corrected chi connectivity index (χ3v) is 3.72. The second-order valence-corrected chi connectivity index (χ2v) is 7.23. The highest BCUT2D eigenvalue weighted by molar-refractivity contribution is 5.91. The van der Waals surface area contributed by atoms with Crippen molar-refractivity contribution in [2.24, 2.45) is 5.41 Å². The summed E-state index contributed by atoms with van der Waals surface area (Å²) in [6.45, 7) is 6.02. The van der Waals surface area contributed by atoms with Crippen molar-refractivity contribution < 1.29 is 14.8 Å². The molecule has 132 valence electrons. The van der Waals surface area contributed by atoms with Gasteiger partial charge in [0.2, 0.25) is 5.91 Å². The molecule has 5 nitrogen and oxygen atoms in total. The average Bonchev–Trinajstić information content (AvgIpc) is 2.55. The molecule has 0 aromatic heterocycles. The number of nitrogens with one attached hydrogen (secondary N) is 2. The van der Waals surface area contributed by atoms with Crippen LogP contribution in [0.5, 0.6) is 0 Å². The van der Waals surface area contributed by atoms with E-state index in [1.165, 1.54) is 0 Å². The zero-order chi connectivity index (χ0) is 18.4. The van der Waals surface area contributed by atoms with Crippen LogP contribution in [0.4, 0.5) is 5.69 Å². The van der Waals surface area contributed by atoms with E-state index in [0.717, 1.165) is 11.1 Å². The second kappa shape index (κ2) is 7.94. The molecule has 0 fully saturated rings. The highest BCUT2D eigenvalue weighted by atomic mass is 16.5. The van der Waals surface area contributed by atoms with Crippen molar-refractivity contribution in [3.8, 4) is 0 Å². The molecular weight excluding hydrogens is 316 g/mol. The summed E-state index contributed by atoms with van der Waals surface area (Å²) in [6.07, 6.45) is 0.425. The Kier molecular flexibility index (Phi) is 5.93. The molecule has 2 rings (SSSR count). The maximum Gasteiger partial charge on any atom is 0.255 e. The van der Waals surface area contributed by atoms with E-state index in [1.807, 2.05) is 51.1 Å². The maximum absolute atomic E-state index is 12.1. The molecule has 0 saturated heterocycles. The van der Waals surface area contributed by atoms with Gasteiger partial charge in [0.25, 0.3) is 5.91 Å². The summed E-state index contributed by atoms with van der Waals surface area (Å²) < 4.78 is 0. The van der Waals surface area contributed by atoms with Gasteiger partial charge in [0.15, 0.2) is 0 Å². The topological polar surface area (TPSA) is 78.4 Å². The molecule has 3 N–H and O–H groups in total. The molecule has 1 atom stereocenters. The Bertz CT molecular complexity index is 719. The lowest BCUT2D eigenvalue weighted by Gasteiger charge is -2.18. The van der Waals surface area contributed by atoms with Gasteiger partial charge in [-0.1, -0.05) is 63.2 Å². The zero-order valence-corrected chi connectivity index (χ0v) is 14.7. The third-order valence-electron chi connectivity index (χ3n) is 3.72. The zero-order valence-electron chi connectivity index (χ0n) is 14.7. The number of amides is 2. The van der Waals surface area contributed by atoms with E-state index < -0.39 is 11.8 Å². The van der Waals surface area contributed by atoms with Gasteiger partial charge >= 0.3 is 0 Å². The molecule has 0 aliphatic heterocycles. The Hall–Kier alpha value is -2.66. The molecule has 0 spiro atoms. The van der Waals surface area contributed by atoms with E-state index in [4.69, 9.17) is 5.21 Å². The highest BCUT2D eigenvalue weighted by Crippen LogP contribution is 2.26. The Morgan fingerprint density at radius 3 is 2.04 bits per heavy atom. The van der Waals surface area contributed by atoms with Crippen LogP contribution in [0.25, 0.3) is 0 Å². The molecule has 0 heterocycles. The van der Waals surface area contributed by atoms with Gasteiger partial charge in [-0.3, -0.25) is 14.8 Å². The standard InChI is InChI=1S/C20H24N2O3/c1-20(2,3)13-17(23)21-16-11-9-15(10-12-16)18(19(24)22-25)14-7-5-4-6-8-14/h4-12,18,25H,13H2,1-3H3,(H,21,23)(H,22,24). The van der Waals surface area contributed by atoms with Gasteiger partial charge in [0.05, 0.1) is 5.92 Å². The average molecular weight is 340 g/mol. The van der Waals surface area contributed by atoms with Crippen molar-refractivity contribution in [3.63, 3.8) is 0 Å². The predicted octanol–water partition coefficient (Wildman–Crippen LogP) is 3.70. The van der Waals surface area contributed by atoms with E-state index in [0.29, 0.717) is 12.1 Å². The van der Waals surface area contributed by atoms with Crippen molar-refractivity contribution >= 4 is 17.5 Å². The van der Waals surface area contributed by atoms with Crippen molar-refractivity contribution in [2.75, 3.05) is 5.32 Å². The van der Waals surface area contributed by atoms with Crippen LogP contribution in [0.2, 0.25) is 0 Å². The summed E-state index contributed by atoms with van der Waals surface area (Å²) in [5.74, 6) is -1.17. The molecule has 0 bridgehead atoms. The Balaban J connectivity index is 2.19. The number of benzene rings is 2. The lowest BCUT2D eigenvalue weighted by atomic mass is 9.90. The number of hydrogen-bond donors (Lipinski definition) is 3. The van der Waals surface area contributed by atoms with Crippen LogP contribution in [0.15, 0.2) is 54.6 Å². The first kappa shape index (κ1) is 18.7. The molecule has 2 amide bonds. The fraction of sp³-hybridized carbons (Fsp3) is 0.300. The molecule has 5 heteroatoms. The van der Waals surface area contributed by atoms with E-state index in [2.05, 4.69) is 5.32 Å². The number of hydroxylamine groups is 1. The molecule has 0 radical (unpaired) electrons. The van der Waals surface area contributed by atoms with Crippen LogP contribution in [0.1, 0.15) is 44.2 Å². The van der Waals surface area contributed by atoms with Gasteiger partial charge in [0, 0.05) is 12.1 Å². The highest BCUT2D eigenvalue weighted by Gasteiger charge is 2.22. The van der Waals surface area contributed by atoms with Gasteiger partial charge in [-0.15, -0.1) is 0 Å². The van der Waals surface area contributed by atoms with E-state index in [-0.39, 0.29) is 11.3 Å². The van der Waals surface area contributed by atoms with Crippen molar-refractivity contribution in [3.05, 3.63) is 65.7 Å². The molecule has 0 saturated carbocycles. The molecule has 0 aliphatic carbocycles. The monoisotopic (exact) mass is 340 g/mol. The number of carbonyl (C=O) groups excluding carboxylic acids is 2. The van der Waals surface area contributed by atoms with E-state index >= 15 is 0 Å². The third kappa shape index (κ3) is 5.43. The molecule has 0 aliphatic rings. The van der Waals surface area contributed by atoms with Crippen LogP contribution in [0, 0.1) is 5.41 Å². The number of hydrogen-bond acceptors (Lipinski definition) is 3. The van der Waals surface area contributed by atoms with E-state index in [1.54, 1.807) is 29.7 Å². The fourth-order valence-corrected chi connectivity index (χ4v) is 2.65. The quantitative estimate of drug-likeness (QED) is 0.574. The van der Waals surface area contributed by atoms with Crippen molar-refractivity contribution in [2.45, 2.75) is 33.1 Å². The van der Waals surface area contributed by atoms with Crippen LogP contribution in [0.3, 0.4) is 0 Å². The fourth-order valence-electron chi connectivity index (χ4n) is 2.65. The second-order valence-electron chi connectivity index (χ2n) is 7.23. The minimum Gasteiger partial charge on any atom is -0.326 e. The summed E-state index contributed by atoms with van der Waals surface area (Å²) >= 11 is 0. The first-order valence-electron chi connectivity index (χ1n) is 8.19. The lowest BCUT2D eigenvalue weighted by molar-refractivity contribution is -0.129. The minimum atomic E-state index is -0.620. The van der Waals surface area contributed by atoms with Crippen LogP contribution in [-0.2, 0) is 9.59 Å². The van der Waals surface area contributed by atoms with E-state index in [9.17, 15) is 9.59 Å². The Labute approximate surface area is 148 Å². The minimum absolute atomic E-state index is 0.0482. The number of anilines is 1. The van der Waals surface area contributed by atoms with Gasteiger partial charge in [0.1, 0.15) is 0 Å². The van der Waals surface area contributed by atoms with Crippen LogP contribution < -0.4 is 10.8 Å². The predicted molar refractivity (Wildman–Crippen MR) is 97.4 cm³/mol. The van der Waals surface area contributed by atoms with Gasteiger partial charge in [-0.05, 0) is 28.7 Å². The molecule has 25 heavy (non-hydrogen) atoms. The Morgan fingerprint density at radius 2 is 1.52 bits per heavy atom. The summed E-state index contributed by atoms with van der Waals surface area (Å²) in [4.78, 5) is 24.1. The smallest absolute Gasteiger partial charge is 0.255 e. The van der Waals surface area contributed by atoms with Crippen molar-refractivity contribution in [1.29, 1.82) is 0 Å². The largest absolute Gasteiger partial charge is 0.326 e. The number of carbonyl (C=O) groups is 2. The molecular formula is C20H24N2O3. The van der Waals surface area contributed by atoms with Gasteiger partial charge in [-0.25, -0.2) is 5.48 Å². The first-order chi connectivity index (χ1) is 11.8. The molecule has 1 unspecified atom stereocenters. The first-order valence-corrected chi connectivity index (χ1v) is 8.19. The molecule has 2 aromatic rings. The lowest BCUT2D eigenvalue weighted by Crippen LogP contribution is -2.27. The Morgan fingerprint density at radius 1 is 0.960 bits per heavy atom. The van der Waals surface area contributed by atoms with Gasteiger partial charge < -0.3 is 5.32 Å². The summed E-state index contributed by atoms with van der Waals surface area (Å²) in [6, 6.07) is 16.3. The molecule has 2 aromatic carbocycles. The SMILES string of the molecule is CC(C)(C)CC(=O)Nc1ccc(C(C(=O)NO)c2ccccc2)cc1. The maximum atomic E-state index is 12.1. The normalized spacial score (nSPS) is 12.3. The van der Waals surface area contributed by atoms with Crippen LogP contribution >= 0.6 is 0 Å².